The van der Waals surface area contributed by atoms with Crippen molar-refractivity contribution >= 4 is 35.3 Å². The number of hydrogen-bond acceptors (Lipinski definition) is 6. The van der Waals surface area contributed by atoms with Crippen LogP contribution in [0, 0.1) is 17.8 Å². The molecule has 2 fully saturated rings. The largest absolute Gasteiger partial charge is 0.346 e. The van der Waals surface area contributed by atoms with Crippen LogP contribution in [0.1, 0.15) is 57.6 Å². The van der Waals surface area contributed by atoms with Gasteiger partial charge in [-0.25, -0.2) is 4.79 Å². The van der Waals surface area contributed by atoms with Crippen molar-refractivity contribution in [1.82, 2.24) is 26.2 Å². The molecular formula is C32H43N5O6. The first-order valence-corrected chi connectivity index (χ1v) is 15.2. The molecule has 0 radical (unpaired) electrons. The molecule has 0 spiro atoms. The van der Waals surface area contributed by atoms with Crippen molar-refractivity contribution in [2.24, 2.45) is 17.8 Å². The summed E-state index contributed by atoms with van der Waals surface area (Å²) in [5, 5.41) is 10.7. The van der Waals surface area contributed by atoms with Crippen molar-refractivity contribution in [2.75, 3.05) is 13.1 Å². The van der Waals surface area contributed by atoms with Crippen LogP contribution < -0.4 is 21.3 Å². The maximum Gasteiger partial charge on any atom is 0.316 e. The molecule has 43 heavy (non-hydrogen) atoms. The molecule has 11 nitrogen and oxygen atoms in total. The molecule has 1 heterocycles. The third kappa shape index (κ3) is 7.69. The Hall–Kier alpha value is -4.02. The van der Waals surface area contributed by atoms with Gasteiger partial charge in [0.15, 0.2) is 5.78 Å². The van der Waals surface area contributed by atoms with Crippen LogP contribution in [-0.4, -0.2) is 77.5 Å². The fourth-order valence-corrected chi connectivity index (χ4v) is 6.03. The number of benzene rings is 1. The van der Waals surface area contributed by atoms with E-state index in [1.807, 2.05) is 38.1 Å². The summed E-state index contributed by atoms with van der Waals surface area (Å²) < 4.78 is 0. The Morgan fingerprint density at radius 2 is 1.60 bits per heavy atom. The predicted molar refractivity (Wildman–Crippen MR) is 160 cm³/mol. The Morgan fingerprint density at radius 3 is 2.19 bits per heavy atom. The molecule has 4 N–H and O–H groups in total. The number of amides is 5. The van der Waals surface area contributed by atoms with Crippen molar-refractivity contribution < 1.29 is 28.8 Å². The second-order valence-corrected chi connectivity index (χ2v) is 12.2. The molecule has 1 aromatic carbocycles. The highest BCUT2D eigenvalue weighted by Crippen LogP contribution is 2.33. The lowest BCUT2D eigenvalue weighted by molar-refractivity contribution is -0.143. The van der Waals surface area contributed by atoms with E-state index in [9.17, 15) is 28.8 Å². The Morgan fingerprint density at radius 1 is 0.953 bits per heavy atom. The molecule has 1 saturated heterocycles. The number of Topliss-reactive ketones (excluding diaryl/α,β-unsaturated/α-hetero) is 2. The summed E-state index contributed by atoms with van der Waals surface area (Å²) in [6.45, 7) is 9.11. The van der Waals surface area contributed by atoms with Gasteiger partial charge in [0.25, 0.3) is 5.91 Å². The summed E-state index contributed by atoms with van der Waals surface area (Å²) in [4.78, 5) is 79.6. The number of hydrogen-bond donors (Lipinski definition) is 4. The number of fused-ring (bicyclic) bond motifs is 1. The molecule has 2 aliphatic carbocycles. The quantitative estimate of drug-likeness (QED) is 0.201. The van der Waals surface area contributed by atoms with Crippen LogP contribution in [0.5, 0.6) is 0 Å². The van der Waals surface area contributed by atoms with Crippen LogP contribution in [0.15, 0.2) is 36.9 Å². The molecule has 0 bridgehead atoms. The lowest BCUT2D eigenvalue weighted by Crippen LogP contribution is -2.60. The van der Waals surface area contributed by atoms with Crippen molar-refractivity contribution in [3.63, 3.8) is 0 Å². The van der Waals surface area contributed by atoms with Crippen LogP contribution in [0.2, 0.25) is 0 Å². The zero-order chi connectivity index (χ0) is 31.3. The minimum Gasteiger partial charge on any atom is -0.346 e. The maximum absolute atomic E-state index is 14.1. The van der Waals surface area contributed by atoms with E-state index in [2.05, 4.69) is 27.8 Å². The number of likely N-dealkylation sites (tertiary alicyclic amines) is 1. The molecule has 0 aromatic heterocycles. The number of carbonyl (C=O) groups excluding carboxylic acids is 6. The number of nitrogens with one attached hydrogen (secondary N) is 4. The Bertz CT molecular complexity index is 1250. The molecule has 1 aromatic rings. The lowest BCUT2D eigenvalue weighted by atomic mass is 9.94. The van der Waals surface area contributed by atoms with Crippen molar-refractivity contribution in [3.05, 3.63) is 48.0 Å². The van der Waals surface area contributed by atoms with Crippen molar-refractivity contribution in [3.8, 4) is 0 Å². The molecular weight excluding hydrogens is 550 g/mol. The second-order valence-electron chi connectivity index (χ2n) is 12.2. The van der Waals surface area contributed by atoms with E-state index in [-0.39, 0.29) is 36.0 Å². The second kappa shape index (κ2) is 14.0. The summed E-state index contributed by atoms with van der Waals surface area (Å²) in [6.07, 6.45) is 5.22. The monoisotopic (exact) mass is 593 g/mol. The van der Waals surface area contributed by atoms with E-state index in [4.69, 9.17) is 0 Å². The number of ketones is 2. The molecule has 4 atom stereocenters. The van der Waals surface area contributed by atoms with Crippen LogP contribution >= 0.6 is 0 Å². The summed E-state index contributed by atoms with van der Waals surface area (Å²) in [6, 6.07) is 3.78. The molecule has 1 saturated carbocycles. The zero-order valence-electron chi connectivity index (χ0n) is 25.2. The number of rotatable bonds is 13. The molecule has 3 aliphatic rings. The third-order valence-electron chi connectivity index (χ3n) is 8.57. The summed E-state index contributed by atoms with van der Waals surface area (Å²) in [7, 11) is 0. The Labute approximate surface area is 252 Å². The molecule has 4 unspecified atom stereocenters. The maximum atomic E-state index is 14.1. The number of nitrogens with zero attached hydrogens (tertiary/aromatic N) is 1. The van der Waals surface area contributed by atoms with Gasteiger partial charge in [-0.2, -0.15) is 0 Å². The van der Waals surface area contributed by atoms with E-state index in [0.717, 1.165) is 24.0 Å². The summed E-state index contributed by atoms with van der Waals surface area (Å²) >= 11 is 0. The van der Waals surface area contributed by atoms with Crippen molar-refractivity contribution in [2.45, 2.75) is 83.5 Å². The molecule has 5 amide bonds. The normalized spacial score (nSPS) is 20.0. The predicted octanol–water partition coefficient (Wildman–Crippen LogP) is 1.44. The highest BCUT2D eigenvalue weighted by molar-refractivity contribution is 6.38. The smallest absolute Gasteiger partial charge is 0.316 e. The van der Waals surface area contributed by atoms with Crippen LogP contribution in [0.3, 0.4) is 0 Å². The van der Waals surface area contributed by atoms with E-state index in [1.165, 1.54) is 17.9 Å². The van der Waals surface area contributed by atoms with Gasteiger partial charge in [-0.3, -0.25) is 24.0 Å². The standard InChI is InChI=1S/C32H43N5O6/c1-5-14-33-30(41)27(38)19(4)34-29(40)24-11-8-15-37(24)31(42)26(23-16-21-9-6-7-10-22(21)17-23)36-32(43)35-25(18(2)3)28(39)20-12-13-20/h5-7,9-10,18-20,23-26H,1,8,11-17H2,2-4H3,(H,33,41)(H,34,40)(H2,35,36,43). The van der Waals surface area contributed by atoms with Crippen LogP contribution in [-0.2, 0) is 36.8 Å². The highest BCUT2D eigenvalue weighted by Gasteiger charge is 2.43. The zero-order valence-corrected chi connectivity index (χ0v) is 25.2. The summed E-state index contributed by atoms with van der Waals surface area (Å²) in [5.41, 5.74) is 2.21. The first-order valence-electron chi connectivity index (χ1n) is 15.2. The van der Waals surface area contributed by atoms with E-state index in [1.54, 1.807) is 0 Å². The van der Waals surface area contributed by atoms with Gasteiger partial charge >= 0.3 is 6.03 Å². The third-order valence-corrected chi connectivity index (χ3v) is 8.57. The van der Waals surface area contributed by atoms with Gasteiger partial charge in [0.1, 0.15) is 12.1 Å². The van der Waals surface area contributed by atoms with Gasteiger partial charge < -0.3 is 26.2 Å². The minimum absolute atomic E-state index is 0.0133. The van der Waals surface area contributed by atoms with Gasteiger partial charge in [0, 0.05) is 19.0 Å². The van der Waals surface area contributed by atoms with Gasteiger partial charge in [-0.05, 0) is 68.4 Å². The van der Waals surface area contributed by atoms with Gasteiger partial charge in [0.2, 0.25) is 17.6 Å². The Balaban J connectivity index is 1.49. The van der Waals surface area contributed by atoms with Gasteiger partial charge in [0.05, 0.1) is 12.1 Å². The van der Waals surface area contributed by atoms with Gasteiger partial charge in [-0.15, -0.1) is 6.58 Å². The molecule has 4 rings (SSSR count). The minimum atomic E-state index is -1.09. The molecule has 1 aliphatic heterocycles. The van der Waals surface area contributed by atoms with E-state index in [0.29, 0.717) is 32.2 Å². The lowest BCUT2D eigenvalue weighted by Gasteiger charge is -2.32. The summed E-state index contributed by atoms with van der Waals surface area (Å²) in [5.74, 6) is -2.92. The molecule has 232 valence electrons. The fourth-order valence-electron chi connectivity index (χ4n) is 6.03. The van der Waals surface area contributed by atoms with Crippen LogP contribution in [0.4, 0.5) is 4.79 Å². The first-order chi connectivity index (χ1) is 20.5. The first kappa shape index (κ1) is 31.9. The van der Waals surface area contributed by atoms with Crippen LogP contribution in [0.25, 0.3) is 0 Å². The van der Waals surface area contributed by atoms with E-state index < -0.39 is 47.8 Å². The van der Waals surface area contributed by atoms with Gasteiger partial charge in [-0.1, -0.05) is 44.2 Å². The number of urea groups is 1. The number of carbonyl (C=O) groups is 6. The molecule has 11 heteroatoms. The average molecular weight is 594 g/mol. The Kier molecular flexibility index (Phi) is 10.4. The topological polar surface area (TPSA) is 154 Å². The van der Waals surface area contributed by atoms with Crippen molar-refractivity contribution in [1.29, 1.82) is 0 Å². The fraction of sp³-hybridized carbons (Fsp3) is 0.562. The average Bonchev–Trinajstić information content (AvgIpc) is 3.55. The highest BCUT2D eigenvalue weighted by atomic mass is 16.2. The van der Waals surface area contributed by atoms with E-state index >= 15 is 0 Å². The SMILES string of the molecule is C=CCNC(=O)C(=O)C(C)NC(=O)C1CCCN1C(=O)C(NC(=O)NC(C(=O)C1CC1)C(C)C)C1Cc2ccccc2C1.